The molecule has 0 unspecified atom stereocenters. The average Bonchev–Trinajstić information content (AvgIpc) is 3.31. The number of hydrogen-bond acceptors (Lipinski definition) is 2. The summed E-state index contributed by atoms with van der Waals surface area (Å²) in [5.74, 6) is 1.88. The summed E-state index contributed by atoms with van der Waals surface area (Å²) >= 11 is 0. The van der Waals surface area contributed by atoms with Crippen molar-refractivity contribution in [1.82, 2.24) is 15.5 Å². The van der Waals surface area contributed by atoms with Crippen LogP contribution in [-0.4, -0.2) is 36.9 Å². The van der Waals surface area contributed by atoms with Crippen molar-refractivity contribution in [2.24, 2.45) is 16.3 Å². The summed E-state index contributed by atoms with van der Waals surface area (Å²) in [5.41, 5.74) is 2.84. The number of nitrogens with one attached hydrogen (secondary N) is 2. The van der Waals surface area contributed by atoms with E-state index in [1.54, 1.807) is 0 Å². The molecule has 1 saturated carbocycles. The van der Waals surface area contributed by atoms with Gasteiger partial charge in [-0.25, -0.2) is 0 Å². The molecule has 1 aliphatic carbocycles. The SMILES string of the molecule is CN=C(NCc1cccc(CN2CCCC2=O)c1)NCC1(CC(C)C)CCCC1.I. The van der Waals surface area contributed by atoms with Crippen LogP contribution in [0.25, 0.3) is 0 Å². The maximum Gasteiger partial charge on any atom is 0.222 e. The summed E-state index contributed by atoms with van der Waals surface area (Å²) < 4.78 is 0. The Morgan fingerprint density at radius 3 is 2.53 bits per heavy atom. The van der Waals surface area contributed by atoms with Gasteiger partial charge in [0.15, 0.2) is 5.96 Å². The zero-order valence-corrected chi connectivity index (χ0v) is 21.2. The van der Waals surface area contributed by atoms with Gasteiger partial charge in [0.05, 0.1) is 0 Å². The van der Waals surface area contributed by atoms with Gasteiger partial charge in [0.25, 0.3) is 0 Å². The first kappa shape index (κ1) is 25.0. The monoisotopic (exact) mass is 526 g/mol. The topological polar surface area (TPSA) is 56.7 Å². The van der Waals surface area contributed by atoms with Crippen LogP contribution in [0, 0.1) is 11.3 Å². The first-order valence-electron chi connectivity index (χ1n) is 11.3. The second kappa shape index (κ2) is 11.9. The minimum atomic E-state index is 0. The maximum absolute atomic E-state index is 11.9. The summed E-state index contributed by atoms with van der Waals surface area (Å²) in [6, 6.07) is 8.52. The third-order valence-electron chi connectivity index (χ3n) is 6.36. The van der Waals surface area contributed by atoms with Crippen molar-refractivity contribution < 1.29 is 4.79 Å². The average molecular weight is 527 g/mol. The summed E-state index contributed by atoms with van der Waals surface area (Å²) in [4.78, 5) is 18.3. The fourth-order valence-electron chi connectivity index (χ4n) is 5.05. The standard InChI is InChI=1S/C24H38N4O.HI/c1-19(2)15-24(11-4-5-12-24)18-27-23(25-3)26-16-20-8-6-9-21(14-20)17-28-13-7-10-22(28)29;/h6,8-9,14,19H,4-5,7,10-13,15-18H2,1-3H3,(H2,25,26,27);1H. The number of aliphatic imine (C=N–C) groups is 1. The van der Waals surface area contributed by atoms with Crippen LogP contribution >= 0.6 is 24.0 Å². The van der Waals surface area contributed by atoms with Crippen LogP contribution < -0.4 is 10.6 Å². The minimum Gasteiger partial charge on any atom is -0.356 e. The molecule has 3 rings (SSSR count). The van der Waals surface area contributed by atoms with Crippen molar-refractivity contribution in [3.63, 3.8) is 0 Å². The molecule has 1 aromatic carbocycles. The lowest BCUT2D eigenvalue weighted by Gasteiger charge is -2.32. The van der Waals surface area contributed by atoms with E-state index < -0.39 is 0 Å². The number of likely N-dealkylation sites (tertiary alicyclic amines) is 1. The Morgan fingerprint density at radius 1 is 1.17 bits per heavy atom. The van der Waals surface area contributed by atoms with E-state index in [9.17, 15) is 4.79 Å². The smallest absolute Gasteiger partial charge is 0.222 e. The molecule has 2 fully saturated rings. The second-order valence-electron chi connectivity index (χ2n) is 9.32. The normalized spacial score (nSPS) is 18.6. The van der Waals surface area contributed by atoms with E-state index in [0.29, 0.717) is 11.8 Å². The molecular formula is C24H39IN4O. The zero-order chi connectivity index (χ0) is 20.7. The van der Waals surface area contributed by atoms with E-state index in [0.717, 1.165) is 44.5 Å². The number of carbonyl (C=O) groups excluding carboxylic acids is 1. The fraction of sp³-hybridized carbons (Fsp3) is 0.667. The van der Waals surface area contributed by atoms with E-state index in [1.807, 2.05) is 11.9 Å². The fourth-order valence-corrected chi connectivity index (χ4v) is 5.05. The van der Waals surface area contributed by atoms with Crippen LogP contribution in [0.2, 0.25) is 0 Å². The third-order valence-corrected chi connectivity index (χ3v) is 6.36. The summed E-state index contributed by atoms with van der Waals surface area (Å²) in [6.07, 6.45) is 8.33. The molecule has 0 aromatic heterocycles. The Labute approximate surface area is 199 Å². The highest BCUT2D eigenvalue weighted by Gasteiger charge is 2.34. The van der Waals surface area contributed by atoms with Crippen molar-refractivity contribution >= 4 is 35.8 Å². The van der Waals surface area contributed by atoms with Gasteiger partial charge in [0.2, 0.25) is 5.91 Å². The van der Waals surface area contributed by atoms with Crippen LogP contribution in [0.3, 0.4) is 0 Å². The van der Waals surface area contributed by atoms with Crippen molar-refractivity contribution in [1.29, 1.82) is 0 Å². The van der Waals surface area contributed by atoms with Gasteiger partial charge in [0.1, 0.15) is 0 Å². The van der Waals surface area contributed by atoms with Gasteiger partial charge >= 0.3 is 0 Å². The Morgan fingerprint density at radius 2 is 1.90 bits per heavy atom. The molecule has 1 saturated heterocycles. The van der Waals surface area contributed by atoms with Crippen molar-refractivity contribution in [3.8, 4) is 0 Å². The summed E-state index contributed by atoms with van der Waals surface area (Å²) in [7, 11) is 1.84. The van der Waals surface area contributed by atoms with E-state index in [2.05, 4.69) is 53.7 Å². The van der Waals surface area contributed by atoms with Crippen LogP contribution in [0.1, 0.15) is 69.9 Å². The van der Waals surface area contributed by atoms with Gasteiger partial charge < -0.3 is 15.5 Å². The van der Waals surface area contributed by atoms with Crippen molar-refractivity contribution in [3.05, 3.63) is 35.4 Å². The van der Waals surface area contributed by atoms with Gasteiger partial charge in [0, 0.05) is 39.6 Å². The first-order valence-corrected chi connectivity index (χ1v) is 11.3. The molecule has 2 aliphatic rings. The Hall–Kier alpha value is -1.31. The van der Waals surface area contributed by atoms with Gasteiger partial charge in [-0.2, -0.15) is 0 Å². The highest BCUT2D eigenvalue weighted by molar-refractivity contribution is 14.0. The predicted octanol–water partition coefficient (Wildman–Crippen LogP) is 4.70. The molecule has 0 atom stereocenters. The number of halogens is 1. The molecule has 168 valence electrons. The summed E-state index contributed by atoms with van der Waals surface area (Å²) in [6.45, 7) is 8.00. The quantitative estimate of drug-likeness (QED) is 0.294. The van der Waals surface area contributed by atoms with E-state index >= 15 is 0 Å². The number of amides is 1. The van der Waals surface area contributed by atoms with Gasteiger partial charge in [-0.3, -0.25) is 9.79 Å². The number of guanidine groups is 1. The molecule has 0 spiro atoms. The Kier molecular flexibility index (Phi) is 9.91. The number of carbonyl (C=O) groups is 1. The Balaban J connectivity index is 0.00000320. The van der Waals surface area contributed by atoms with E-state index in [-0.39, 0.29) is 29.9 Å². The molecule has 1 heterocycles. The number of rotatable bonds is 8. The van der Waals surface area contributed by atoms with Crippen molar-refractivity contribution in [2.45, 2.75) is 71.9 Å². The van der Waals surface area contributed by atoms with E-state index in [4.69, 9.17) is 0 Å². The predicted molar refractivity (Wildman–Crippen MR) is 135 cm³/mol. The van der Waals surface area contributed by atoms with Gasteiger partial charge in [-0.1, -0.05) is 51.0 Å². The lowest BCUT2D eigenvalue weighted by atomic mass is 9.78. The van der Waals surface area contributed by atoms with Gasteiger partial charge in [-0.15, -0.1) is 24.0 Å². The molecule has 0 bridgehead atoms. The summed E-state index contributed by atoms with van der Waals surface area (Å²) in [5, 5.41) is 7.06. The molecule has 5 nitrogen and oxygen atoms in total. The van der Waals surface area contributed by atoms with Crippen LogP contribution in [0.4, 0.5) is 0 Å². The molecule has 1 amide bonds. The van der Waals surface area contributed by atoms with Crippen LogP contribution in [-0.2, 0) is 17.9 Å². The lowest BCUT2D eigenvalue weighted by Crippen LogP contribution is -2.43. The van der Waals surface area contributed by atoms with Gasteiger partial charge in [-0.05, 0) is 48.1 Å². The van der Waals surface area contributed by atoms with Crippen molar-refractivity contribution in [2.75, 3.05) is 20.1 Å². The zero-order valence-electron chi connectivity index (χ0n) is 18.9. The number of nitrogens with zero attached hydrogens (tertiary/aromatic N) is 2. The van der Waals surface area contributed by atoms with E-state index in [1.165, 1.54) is 43.2 Å². The second-order valence-corrected chi connectivity index (χ2v) is 9.32. The van der Waals surface area contributed by atoms with Crippen LogP contribution in [0.15, 0.2) is 29.3 Å². The molecule has 30 heavy (non-hydrogen) atoms. The molecule has 2 N–H and O–H groups in total. The number of benzene rings is 1. The maximum atomic E-state index is 11.9. The minimum absolute atomic E-state index is 0. The Bertz CT molecular complexity index is 713. The highest BCUT2D eigenvalue weighted by Crippen LogP contribution is 2.42. The third kappa shape index (κ3) is 7.13. The molecule has 6 heteroatoms. The highest BCUT2D eigenvalue weighted by atomic mass is 127. The molecular weight excluding hydrogens is 487 g/mol. The first-order chi connectivity index (χ1) is 14.0. The molecule has 1 aromatic rings. The molecule has 0 radical (unpaired) electrons. The lowest BCUT2D eigenvalue weighted by molar-refractivity contribution is -0.128. The number of hydrogen-bond donors (Lipinski definition) is 2. The largest absolute Gasteiger partial charge is 0.356 e. The molecule has 1 aliphatic heterocycles. The van der Waals surface area contributed by atoms with Crippen LogP contribution in [0.5, 0.6) is 0 Å².